The molecule has 2 heterocycles. The molecule has 0 aliphatic carbocycles. The molecule has 1 aromatic heterocycles. The second kappa shape index (κ2) is 4.63. The van der Waals surface area contributed by atoms with Crippen molar-refractivity contribution in [3.63, 3.8) is 0 Å². The highest BCUT2D eigenvalue weighted by molar-refractivity contribution is 5.40. The molecule has 1 aliphatic rings. The molecule has 1 aliphatic heterocycles. The third-order valence-electron chi connectivity index (χ3n) is 2.70. The fourth-order valence-electron chi connectivity index (χ4n) is 1.82. The Bertz CT molecular complexity index is 317. The van der Waals surface area contributed by atoms with E-state index < -0.39 is 0 Å². The van der Waals surface area contributed by atoms with Gasteiger partial charge in [-0.05, 0) is 6.54 Å². The summed E-state index contributed by atoms with van der Waals surface area (Å²) in [6.45, 7) is 4.12. The van der Waals surface area contributed by atoms with Gasteiger partial charge in [0.05, 0.1) is 13.2 Å². The number of rotatable bonds is 3. The van der Waals surface area contributed by atoms with Gasteiger partial charge in [0.2, 0.25) is 0 Å². The lowest BCUT2D eigenvalue weighted by Crippen LogP contribution is -2.36. The standard InChI is InChI=1S/C10H18N4O/c1-13-9(2-3-11)8-10(12-13)14-4-6-15-7-5-14/h8H,2-7,11H2,1H3. The summed E-state index contributed by atoms with van der Waals surface area (Å²) in [5, 5.41) is 4.48. The molecule has 0 aromatic carbocycles. The van der Waals surface area contributed by atoms with Crippen molar-refractivity contribution in [1.29, 1.82) is 0 Å². The van der Waals surface area contributed by atoms with Crippen LogP contribution in [0.1, 0.15) is 5.69 Å². The molecule has 15 heavy (non-hydrogen) atoms. The molecule has 0 amide bonds. The Kier molecular flexibility index (Phi) is 3.23. The van der Waals surface area contributed by atoms with Crippen LogP contribution in [0.25, 0.3) is 0 Å². The van der Waals surface area contributed by atoms with Crippen LogP contribution in [-0.4, -0.2) is 42.6 Å². The van der Waals surface area contributed by atoms with Gasteiger partial charge in [-0.2, -0.15) is 5.10 Å². The van der Waals surface area contributed by atoms with E-state index >= 15 is 0 Å². The fourth-order valence-corrected chi connectivity index (χ4v) is 1.82. The number of nitrogens with two attached hydrogens (primary N) is 1. The Morgan fingerprint density at radius 1 is 1.47 bits per heavy atom. The molecule has 0 bridgehead atoms. The van der Waals surface area contributed by atoms with E-state index in [9.17, 15) is 0 Å². The topological polar surface area (TPSA) is 56.3 Å². The van der Waals surface area contributed by atoms with Gasteiger partial charge in [-0.25, -0.2) is 0 Å². The van der Waals surface area contributed by atoms with Crippen LogP contribution in [0.4, 0.5) is 5.82 Å². The first-order chi connectivity index (χ1) is 7.31. The van der Waals surface area contributed by atoms with E-state index in [1.165, 1.54) is 5.69 Å². The van der Waals surface area contributed by atoms with Gasteiger partial charge in [0.15, 0.2) is 5.82 Å². The lowest BCUT2D eigenvalue weighted by molar-refractivity contribution is 0.122. The quantitative estimate of drug-likeness (QED) is 0.748. The van der Waals surface area contributed by atoms with Gasteiger partial charge in [-0.15, -0.1) is 0 Å². The molecule has 0 saturated carbocycles. The number of aromatic nitrogens is 2. The van der Waals surface area contributed by atoms with E-state index in [2.05, 4.69) is 16.1 Å². The highest BCUT2D eigenvalue weighted by atomic mass is 16.5. The smallest absolute Gasteiger partial charge is 0.151 e. The number of hydrogen-bond donors (Lipinski definition) is 1. The van der Waals surface area contributed by atoms with Crippen molar-refractivity contribution in [1.82, 2.24) is 9.78 Å². The molecule has 0 spiro atoms. The van der Waals surface area contributed by atoms with E-state index in [1.807, 2.05) is 11.7 Å². The summed E-state index contributed by atoms with van der Waals surface area (Å²) >= 11 is 0. The zero-order valence-corrected chi connectivity index (χ0v) is 9.15. The van der Waals surface area contributed by atoms with E-state index in [0.29, 0.717) is 6.54 Å². The molecule has 0 atom stereocenters. The Balaban J connectivity index is 2.10. The lowest BCUT2D eigenvalue weighted by Gasteiger charge is -2.26. The van der Waals surface area contributed by atoms with Gasteiger partial charge in [-0.1, -0.05) is 0 Å². The van der Waals surface area contributed by atoms with Crippen LogP contribution in [0.5, 0.6) is 0 Å². The molecular formula is C10H18N4O. The van der Waals surface area contributed by atoms with Crippen molar-refractivity contribution in [2.75, 3.05) is 37.7 Å². The second-order valence-corrected chi connectivity index (χ2v) is 3.76. The van der Waals surface area contributed by atoms with Gasteiger partial charge in [-0.3, -0.25) is 4.68 Å². The first-order valence-corrected chi connectivity index (χ1v) is 5.37. The monoisotopic (exact) mass is 210 g/mol. The van der Waals surface area contributed by atoms with Crippen molar-refractivity contribution in [2.45, 2.75) is 6.42 Å². The van der Waals surface area contributed by atoms with Gasteiger partial charge < -0.3 is 15.4 Å². The second-order valence-electron chi connectivity index (χ2n) is 3.76. The van der Waals surface area contributed by atoms with Crippen LogP contribution in [0, 0.1) is 0 Å². The van der Waals surface area contributed by atoms with Crippen LogP contribution in [0.3, 0.4) is 0 Å². The molecular weight excluding hydrogens is 192 g/mol. The van der Waals surface area contributed by atoms with Crippen LogP contribution in [0.15, 0.2) is 6.07 Å². The molecule has 5 heteroatoms. The zero-order chi connectivity index (χ0) is 10.7. The highest BCUT2D eigenvalue weighted by Gasteiger charge is 2.14. The third-order valence-corrected chi connectivity index (χ3v) is 2.70. The normalized spacial score (nSPS) is 17.1. The molecule has 84 valence electrons. The number of ether oxygens (including phenoxy) is 1. The number of hydrogen-bond acceptors (Lipinski definition) is 4. The summed E-state index contributed by atoms with van der Waals surface area (Å²) < 4.78 is 7.22. The molecule has 0 radical (unpaired) electrons. The molecule has 1 aromatic rings. The van der Waals surface area contributed by atoms with Crippen molar-refractivity contribution in [3.8, 4) is 0 Å². The van der Waals surface area contributed by atoms with Gasteiger partial charge in [0.25, 0.3) is 0 Å². The van der Waals surface area contributed by atoms with Gasteiger partial charge in [0, 0.05) is 38.3 Å². The van der Waals surface area contributed by atoms with E-state index in [4.69, 9.17) is 10.5 Å². The highest BCUT2D eigenvalue weighted by Crippen LogP contribution is 2.15. The SMILES string of the molecule is Cn1nc(N2CCOCC2)cc1CCN. The van der Waals surface area contributed by atoms with Crippen molar-refractivity contribution >= 4 is 5.82 Å². The summed E-state index contributed by atoms with van der Waals surface area (Å²) in [6, 6.07) is 2.12. The minimum atomic E-state index is 0.669. The summed E-state index contributed by atoms with van der Waals surface area (Å²) in [6.07, 6.45) is 0.883. The third kappa shape index (κ3) is 2.30. The van der Waals surface area contributed by atoms with Crippen molar-refractivity contribution in [2.24, 2.45) is 12.8 Å². The predicted octanol–water partition coefficient (Wildman–Crippen LogP) is -0.242. The zero-order valence-electron chi connectivity index (χ0n) is 9.15. The Morgan fingerprint density at radius 2 is 2.20 bits per heavy atom. The number of aryl methyl sites for hydroxylation is 1. The minimum absolute atomic E-state index is 0.669. The van der Waals surface area contributed by atoms with Crippen molar-refractivity contribution in [3.05, 3.63) is 11.8 Å². The van der Waals surface area contributed by atoms with Gasteiger partial charge >= 0.3 is 0 Å². The van der Waals surface area contributed by atoms with Crippen LogP contribution < -0.4 is 10.6 Å². The van der Waals surface area contributed by atoms with Crippen LogP contribution >= 0.6 is 0 Å². The maximum atomic E-state index is 5.54. The molecule has 5 nitrogen and oxygen atoms in total. The fraction of sp³-hybridized carbons (Fsp3) is 0.700. The Labute approximate surface area is 89.8 Å². The van der Waals surface area contributed by atoms with E-state index in [-0.39, 0.29) is 0 Å². The van der Waals surface area contributed by atoms with E-state index in [1.54, 1.807) is 0 Å². The largest absolute Gasteiger partial charge is 0.378 e. The van der Waals surface area contributed by atoms with Crippen LogP contribution in [-0.2, 0) is 18.2 Å². The molecule has 1 fully saturated rings. The summed E-state index contributed by atoms with van der Waals surface area (Å²) in [7, 11) is 1.97. The molecule has 2 N–H and O–H groups in total. The van der Waals surface area contributed by atoms with Gasteiger partial charge in [0.1, 0.15) is 0 Å². The maximum Gasteiger partial charge on any atom is 0.151 e. The predicted molar refractivity (Wildman–Crippen MR) is 59.0 cm³/mol. The molecule has 1 saturated heterocycles. The number of anilines is 1. The first-order valence-electron chi connectivity index (χ1n) is 5.37. The molecule has 2 rings (SSSR count). The Hall–Kier alpha value is -1.07. The number of nitrogens with zero attached hydrogens (tertiary/aromatic N) is 3. The van der Waals surface area contributed by atoms with E-state index in [0.717, 1.165) is 38.5 Å². The summed E-state index contributed by atoms with van der Waals surface area (Å²) in [4.78, 5) is 2.25. The lowest BCUT2D eigenvalue weighted by atomic mass is 10.3. The summed E-state index contributed by atoms with van der Waals surface area (Å²) in [5.41, 5.74) is 6.74. The Morgan fingerprint density at radius 3 is 2.87 bits per heavy atom. The first kappa shape index (κ1) is 10.4. The average molecular weight is 210 g/mol. The maximum absolute atomic E-state index is 5.54. The van der Waals surface area contributed by atoms with Crippen molar-refractivity contribution < 1.29 is 4.74 Å². The number of morpholine rings is 1. The average Bonchev–Trinajstić information content (AvgIpc) is 2.63. The minimum Gasteiger partial charge on any atom is -0.378 e. The molecule has 0 unspecified atom stereocenters. The summed E-state index contributed by atoms with van der Waals surface area (Å²) in [5.74, 6) is 1.05. The van der Waals surface area contributed by atoms with Crippen LogP contribution in [0.2, 0.25) is 0 Å².